The van der Waals surface area contributed by atoms with Gasteiger partial charge in [-0.1, -0.05) is 87.4 Å². The quantitative estimate of drug-likeness (QED) is 0.242. The van der Waals surface area contributed by atoms with E-state index in [9.17, 15) is 19.2 Å². The molecule has 0 bridgehead atoms. The summed E-state index contributed by atoms with van der Waals surface area (Å²) < 4.78 is 9.63. The maximum atomic E-state index is 13.9. The van der Waals surface area contributed by atoms with E-state index in [1.807, 2.05) is 48.2 Å². The second-order valence-electron chi connectivity index (χ2n) is 15.6. The van der Waals surface area contributed by atoms with Gasteiger partial charge in [0.15, 0.2) is 0 Å². The fourth-order valence-electron chi connectivity index (χ4n) is 8.72. The molecule has 7 rings (SSSR count). The minimum Gasteiger partial charge on any atom is -0.453 e. The first-order chi connectivity index (χ1) is 27.1. The van der Waals surface area contributed by atoms with Crippen molar-refractivity contribution in [2.24, 2.45) is 21.8 Å². The third-order valence-electron chi connectivity index (χ3n) is 11.8. The van der Waals surface area contributed by atoms with Gasteiger partial charge in [-0.15, -0.1) is 0 Å². The first-order valence-electron chi connectivity index (χ1n) is 19.8. The second-order valence-corrected chi connectivity index (χ2v) is 15.6. The lowest BCUT2D eigenvalue weighted by molar-refractivity contribution is -0.134. The van der Waals surface area contributed by atoms with E-state index in [0.29, 0.717) is 25.9 Å². The topological polar surface area (TPSA) is 142 Å². The minimum atomic E-state index is -0.657. The number of nitrogens with one attached hydrogen (secondary N) is 2. The molecule has 2 fully saturated rings. The molecule has 12 nitrogen and oxygen atoms in total. The van der Waals surface area contributed by atoms with E-state index < -0.39 is 24.3 Å². The molecule has 0 spiro atoms. The van der Waals surface area contributed by atoms with E-state index >= 15 is 0 Å². The zero-order valence-corrected chi connectivity index (χ0v) is 32.7. The maximum absolute atomic E-state index is 13.9. The van der Waals surface area contributed by atoms with Crippen molar-refractivity contribution in [2.75, 3.05) is 27.3 Å². The summed E-state index contributed by atoms with van der Waals surface area (Å²) in [6.45, 7) is 4.96. The van der Waals surface area contributed by atoms with Gasteiger partial charge in [0, 0.05) is 49.8 Å². The van der Waals surface area contributed by atoms with Crippen LogP contribution in [0.2, 0.25) is 0 Å². The van der Waals surface area contributed by atoms with E-state index in [1.54, 1.807) is 0 Å². The number of benzene rings is 2. The third-order valence-corrected chi connectivity index (χ3v) is 11.8. The van der Waals surface area contributed by atoms with Crippen LogP contribution in [0.3, 0.4) is 0 Å². The Balaban J connectivity index is 0.941. The van der Waals surface area contributed by atoms with Crippen LogP contribution >= 0.6 is 0 Å². The number of hydrogen-bond donors (Lipinski definition) is 2. The van der Waals surface area contributed by atoms with Crippen molar-refractivity contribution >= 4 is 46.6 Å². The SMILES string of the molecule is COC(=O)NC(C(=O)N1CC=C[C@H]1C1=NC=C(c2ccc(-c3ccc(C4=CN=C([C@@H]5CCCN5C(=O)[C@@H](NC(=O)OC)C(C)C)C4)cc3)cc2)C1)C1CCCC1. The minimum absolute atomic E-state index is 0.0817. The lowest BCUT2D eigenvalue weighted by Crippen LogP contribution is -2.54. The smallest absolute Gasteiger partial charge is 0.407 e. The summed E-state index contributed by atoms with van der Waals surface area (Å²) in [5.41, 5.74) is 8.49. The molecular weight excluding hydrogens is 709 g/mol. The first-order valence-corrected chi connectivity index (χ1v) is 19.8. The molecule has 4 atom stereocenters. The fraction of sp³-hybridized carbons (Fsp3) is 0.455. The lowest BCUT2D eigenvalue weighted by atomic mass is 9.94. The summed E-state index contributed by atoms with van der Waals surface area (Å²) in [6.07, 6.45) is 13.7. The van der Waals surface area contributed by atoms with Crippen molar-refractivity contribution in [3.63, 3.8) is 0 Å². The third kappa shape index (κ3) is 8.20. The van der Waals surface area contributed by atoms with Gasteiger partial charge in [-0.2, -0.15) is 0 Å². The van der Waals surface area contributed by atoms with Crippen molar-refractivity contribution in [2.45, 2.75) is 89.4 Å². The Kier molecular flexibility index (Phi) is 11.8. The normalized spacial score (nSPS) is 21.7. The van der Waals surface area contributed by atoms with Crippen molar-refractivity contribution in [1.82, 2.24) is 20.4 Å². The van der Waals surface area contributed by atoms with Gasteiger partial charge in [-0.3, -0.25) is 19.6 Å². The van der Waals surface area contributed by atoms with Crippen LogP contribution < -0.4 is 10.6 Å². The lowest BCUT2D eigenvalue weighted by Gasteiger charge is -2.32. The number of hydrogen-bond acceptors (Lipinski definition) is 8. The van der Waals surface area contributed by atoms with Crippen molar-refractivity contribution < 1.29 is 28.7 Å². The van der Waals surface area contributed by atoms with E-state index in [0.717, 1.165) is 83.3 Å². The fourth-order valence-corrected chi connectivity index (χ4v) is 8.72. The monoisotopic (exact) mass is 760 g/mol. The van der Waals surface area contributed by atoms with Gasteiger partial charge in [-0.25, -0.2) is 9.59 Å². The van der Waals surface area contributed by atoms with Crippen LogP contribution in [0.15, 0.2) is 83.1 Å². The molecule has 1 unspecified atom stereocenters. The predicted molar refractivity (Wildman–Crippen MR) is 217 cm³/mol. The summed E-state index contributed by atoms with van der Waals surface area (Å²) in [6, 6.07) is 15.4. The molecule has 294 valence electrons. The highest BCUT2D eigenvalue weighted by atomic mass is 16.5. The molecule has 4 heterocycles. The van der Waals surface area contributed by atoms with Gasteiger partial charge in [0.2, 0.25) is 11.8 Å². The number of ether oxygens (including phenoxy) is 2. The number of alkyl carbamates (subject to hydrolysis) is 2. The summed E-state index contributed by atoms with van der Waals surface area (Å²) in [5.74, 6) is -0.158. The molecule has 4 amide bonds. The van der Waals surface area contributed by atoms with Crippen LogP contribution in [0, 0.1) is 11.8 Å². The molecule has 1 aliphatic carbocycles. The highest BCUT2D eigenvalue weighted by Gasteiger charge is 2.40. The Bertz CT molecular complexity index is 1970. The Labute approximate surface area is 328 Å². The van der Waals surface area contributed by atoms with Crippen molar-refractivity contribution in [1.29, 1.82) is 0 Å². The van der Waals surface area contributed by atoms with Crippen LogP contribution in [-0.2, 0) is 19.1 Å². The molecule has 1 saturated heterocycles. The predicted octanol–water partition coefficient (Wildman–Crippen LogP) is 6.78. The van der Waals surface area contributed by atoms with Gasteiger partial charge < -0.3 is 29.9 Å². The number of carbonyl (C=O) groups excluding carboxylic acids is 4. The zero-order chi connectivity index (χ0) is 39.3. The Hall–Kier alpha value is -5.52. The van der Waals surface area contributed by atoms with Crippen LogP contribution in [0.1, 0.15) is 76.3 Å². The summed E-state index contributed by atoms with van der Waals surface area (Å²) in [7, 11) is 2.63. The van der Waals surface area contributed by atoms with Gasteiger partial charge in [-0.05, 0) is 70.9 Å². The van der Waals surface area contributed by atoms with Crippen LogP contribution in [0.25, 0.3) is 22.3 Å². The molecule has 56 heavy (non-hydrogen) atoms. The Morgan fingerprint density at radius 3 is 1.84 bits per heavy atom. The zero-order valence-electron chi connectivity index (χ0n) is 32.7. The molecule has 2 aromatic carbocycles. The first kappa shape index (κ1) is 38.7. The van der Waals surface area contributed by atoms with Gasteiger partial charge in [0.05, 0.1) is 26.3 Å². The number of nitrogens with zero attached hydrogens (tertiary/aromatic N) is 4. The average Bonchev–Trinajstić information content (AvgIpc) is 4.07. The molecule has 5 aliphatic rings. The van der Waals surface area contributed by atoms with Crippen LogP contribution in [0.4, 0.5) is 9.59 Å². The Morgan fingerprint density at radius 2 is 1.25 bits per heavy atom. The Morgan fingerprint density at radius 1 is 0.696 bits per heavy atom. The molecule has 2 N–H and O–H groups in total. The van der Waals surface area contributed by atoms with E-state index in [2.05, 4.69) is 59.2 Å². The van der Waals surface area contributed by atoms with Crippen LogP contribution in [0.5, 0.6) is 0 Å². The molecule has 2 aromatic rings. The summed E-state index contributed by atoms with van der Waals surface area (Å²) >= 11 is 0. The number of methoxy groups -OCH3 is 2. The van der Waals surface area contributed by atoms with Crippen molar-refractivity contribution in [3.05, 3.63) is 84.2 Å². The van der Waals surface area contributed by atoms with E-state index in [-0.39, 0.29) is 35.7 Å². The summed E-state index contributed by atoms with van der Waals surface area (Å²) in [4.78, 5) is 64.8. The van der Waals surface area contributed by atoms with Crippen molar-refractivity contribution in [3.8, 4) is 11.1 Å². The maximum Gasteiger partial charge on any atom is 0.407 e. The molecule has 0 radical (unpaired) electrons. The highest BCUT2D eigenvalue weighted by molar-refractivity contribution is 6.05. The average molecular weight is 761 g/mol. The number of rotatable bonds is 11. The largest absolute Gasteiger partial charge is 0.453 e. The van der Waals surface area contributed by atoms with E-state index in [1.165, 1.54) is 14.2 Å². The molecule has 4 aliphatic heterocycles. The van der Waals surface area contributed by atoms with Gasteiger partial charge >= 0.3 is 12.2 Å². The number of aliphatic imine (C=N–C) groups is 2. The molecular formula is C44H52N6O6. The van der Waals surface area contributed by atoms with Crippen LogP contribution in [-0.4, -0.2) is 96.7 Å². The highest BCUT2D eigenvalue weighted by Crippen LogP contribution is 2.34. The van der Waals surface area contributed by atoms with E-state index in [4.69, 9.17) is 19.5 Å². The number of amides is 4. The molecule has 12 heteroatoms. The molecule has 0 aromatic heterocycles. The summed E-state index contributed by atoms with van der Waals surface area (Å²) in [5, 5.41) is 5.55. The number of allylic oxidation sites excluding steroid dienone is 2. The van der Waals surface area contributed by atoms with Gasteiger partial charge in [0.25, 0.3) is 0 Å². The standard InChI is InChI=1S/C44H52N6O6/c1-27(2)39(47-43(53)55-3)41(51)49-21-7-11-37(49)35-23-33(25-45-35)30-17-13-28(14-18-30)29-15-19-31(20-16-29)34-24-36(46-26-34)38-12-8-22-50(38)42(52)40(48-44(54)56-4)32-9-5-6-10-32/h8,12-20,25-27,32,37-40H,5-7,9-11,21-24H2,1-4H3,(H,47,53)(H,48,54)/t37-,38-,39-,40?/m0/s1. The number of likely N-dealkylation sites (tertiary alicyclic amines) is 1. The molecule has 1 saturated carbocycles. The van der Waals surface area contributed by atoms with Gasteiger partial charge in [0.1, 0.15) is 12.1 Å². The number of carbonyl (C=O) groups is 4. The second kappa shape index (κ2) is 17.1.